The number of rotatable bonds is 7. The van der Waals surface area contributed by atoms with Crippen molar-refractivity contribution >= 4 is 32.4 Å². The smallest absolute Gasteiger partial charge is 0.266 e. The molecule has 1 amide bonds. The molecule has 0 unspecified atom stereocenters. The molecule has 1 aromatic carbocycles. The van der Waals surface area contributed by atoms with E-state index >= 15 is 0 Å². The maximum Gasteiger partial charge on any atom is 0.266 e. The van der Waals surface area contributed by atoms with Gasteiger partial charge in [0, 0.05) is 23.7 Å². The van der Waals surface area contributed by atoms with Crippen molar-refractivity contribution in [2.75, 3.05) is 10.8 Å². The minimum Gasteiger partial charge on any atom is -0.336 e. The van der Waals surface area contributed by atoms with E-state index in [1.54, 1.807) is 41.9 Å². The van der Waals surface area contributed by atoms with Gasteiger partial charge in [-0.15, -0.1) is 11.3 Å². The van der Waals surface area contributed by atoms with Crippen LogP contribution in [-0.2, 0) is 14.8 Å². The Labute approximate surface area is 171 Å². The summed E-state index contributed by atoms with van der Waals surface area (Å²) in [6.07, 6.45) is 6.93. The van der Waals surface area contributed by atoms with Gasteiger partial charge in [0.15, 0.2) is 5.13 Å². The maximum absolute atomic E-state index is 13.3. The number of anilines is 1. The molecule has 1 aliphatic carbocycles. The number of carbonyl (C=O) groups is 1. The Hall–Kier alpha value is -1.93. The summed E-state index contributed by atoms with van der Waals surface area (Å²) in [4.78, 5) is 19.5. The van der Waals surface area contributed by atoms with Gasteiger partial charge in [-0.3, -0.25) is 4.79 Å². The quantitative estimate of drug-likeness (QED) is 0.680. The van der Waals surface area contributed by atoms with Crippen LogP contribution < -0.4 is 4.31 Å². The number of amides is 1. The van der Waals surface area contributed by atoms with Crippen molar-refractivity contribution in [2.45, 2.75) is 62.9 Å². The molecule has 1 fully saturated rings. The lowest BCUT2D eigenvalue weighted by molar-refractivity contribution is -0.134. The van der Waals surface area contributed by atoms with Crippen molar-refractivity contribution < 1.29 is 13.2 Å². The molecule has 1 aromatic heterocycles. The Kier molecular flexibility index (Phi) is 6.72. The van der Waals surface area contributed by atoms with Gasteiger partial charge in [0.05, 0.1) is 4.90 Å². The number of hydrogen-bond donors (Lipinski definition) is 0. The summed E-state index contributed by atoms with van der Waals surface area (Å²) in [6, 6.07) is 8.41. The Morgan fingerprint density at radius 1 is 1.18 bits per heavy atom. The highest BCUT2D eigenvalue weighted by atomic mass is 32.2. The number of nitrogens with zero attached hydrogens (tertiary/aromatic N) is 3. The first-order chi connectivity index (χ1) is 13.4. The van der Waals surface area contributed by atoms with E-state index in [0.717, 1.165) is 30.0 Å². The molecule has 2 aromatic rings. The van der Waals surface area contributed by atoms with Gasteiger partial charge in [-0.2, -0.15) is 0 Å². The summed E-state index contributed by atoms with van der Waals surface area (Å²) in [6.45, 7) is 3.75. The summed E-state index contributed by atoms with van der Waals surface area (Å²) in [5.41, 5.74) is 0. The van der Waals surface area contributed by atoms with Gasteiger partial charge >= 0.3 is 0 Å². The van der Waals surface area contributed by atoms with E-state index in [4.69, 9.17) is 0 Å². The zero-order valence-corrected chi connectivity index (χ0v) is 18.0. The monoisotopic (exact) mass is 421 g/mol. The van der Waals surface area contributed by atoms with E-state index in [-0.39, 0.29) is 29.4 Å². The van der Waals surface area contributed by atoms with Crippen molar-refractivity contribution in [1.29, 1.82) is 0 Å². The summed E-state index contributed by atoms with van der Waals surface area (Å²) in [5, 5.41) is 2.03. The Morgan fingerprint density at radius 2 is 1.86 bits per heavy atom. The van der Waals surface area contributed by atoms with E-state index in [1.807, 2.05) is 18.7 Å². The molecule has 0 radical (unpaired) electrons. The van der Waals surface area contributed by atoms with Gasteiger partial charge in [-0.25, -0.2) is 17.7 Å². The normalized spacial score (nSPS) is 15.5. The maximum atomic E-state index is 13.3. The summed E-state index contributed by atoms with van der Waals surface area (Å²) >= 11 is 1.22. The predicted octanol–water partition coefficient (Wildman–Crippen LogP) is 3.91. The van der Waals surface area contributed by atoms with Crippen LogP contribution in [0.2, 0.25) is 0 Å². The fraction of sp³-hybridized carbons (Fsp3) is 0.500. The molecule has 8 heteroatoms. The largest absolute Gasteiger partial charge is 0.336 e. The van der Waals surface area contributed by atoms with Crippen LogP contribution in [0.3, 0.4) is 0 Å². The molecule has 3 rings (SSSR count). The Morgan fingerprint density at radius 3 is 2.43 bits per heavy atom. The molecule has 1 heterocycles. The van der Waals surface area contributed by atoms with Gasteiger partial charge in [-0.05, 0) is 38.8 Å². The van der Waals surface area contributed by atoms with Crippen molar-refractivity contribution in [1.82, 2.24) is 9.88 Å². The third-order valence-electron chi connectivity index (χ3n) is 5.06. The second-order valence-electron chi connectivity index (χ2n) is 7.33. The Bertz CT molecular complexity index is 861. The molecular weight excluding hydrogens is 394 g/mol. The average molecular weight is 422 g/mol. The van der Waals surface area contributed by atoms with Crippen molar-refractivity contribution in [3.05, 3.63) is 41.9 Å². The van der Waals surface area contributed by atoms with E-state index < -0.39 is 10.0 Å². The zero-order chi connectivity index (χ0) is 20.1. The van der Waals surface area contributed by atoms with E-state index in [2.05, 4.69) is 4.98 Å². The molecule has 0 saturated heterocycles. The molecule has 0 aliphatic heterocycles. The summed E-state index contributed by atoms with van der Waals surface area (Å²) in [5.74, 6) is -0.170. The highest BCUT2D eigenvalue weighted by Crippen LogP contribution is 2.28. The predicted molar refractivity (Wildman–Crippen MR) is 112 cm³/mol. The van der Waals surface area contributed by atoms with Crippen LogP contribution >= 0.6 is 11.3 Å². The van der Waals surface area contributed by atoms with Crippen LogP contribution in [0, 0.1) is 0 Å². The summed E-state index contributed by atoms with van der Waals surface area (Å²) < 4.78 is 27.7. The molecule has 28 heavy (non-hydrogen) atoms. The topological polar surface area (TPSA) is 70.6 Å². The number of hydrogen-bond acceptors (Lipinski definition) is 5. The second kappa shape index (κ2) is 9.05. The van der Waals surface area contributed by atoms with Crippen LogP contribution in [0.15, 0.2) is 46.8 Å². The van der Waals surface area contributed by atoms with Gasteiger partial charge in [0.2, 0.25) is 5.91 Å². The van der Waals surface area contributed by atoms with Gasteiger partial charge in [0.1, 0.15) is 6.54 Å². The van der Waals surface area contributed by atoms with Crippen LogP contribution in [0.4, 0.5) is 5.13 Å². The lowest BCUT2D eigenvalue weighted by Gasteiger charge is -2.38. The molecule has 0 atom stereocenters. The standard InChI is InChI=1S/C20H27N3O3S2/c1-16(2)23(17-9-5-3-6-10-17)19(24)15-22(20-21-13-14-27-20)28(25,26)18-11-7-4-8-12-18/h4,7-8,11-14,16-17H,3,5-6,9-10,15H2,1-2H3. The van der Waals surface area contributed by atoms with Crippen molar-refractivity contribution in [3.8, 4) is 0 Å². The third kappa shape index (κ3) is 4.55. The molecule has 0 spiro atoms. The van der Waals surface area contributed by atoms with Gasteiger partial charge in [0.25, 0.3) is 10.0 Å². The van der Waals surface area contributed by atoms with E-state index in [1.165, 1.54) is 17.8 Å². The first-order valence-corrected chi connectivity index (χ1v) is 12.0. The van der Waals surface area contributed by atoms with Crippen molar-refractivity contribution in [3.63, 3.8) is 0 Å². The molecular formula is C20H27N3O3S2. The molecule has 0 N–H and O–H groups in total. The molecule has 1 saturated carbocycles. The minimum atomic E-state index is -3.88. The van der Waals surface area contributed by atoms with Crippen LogP contribution in [0.5, 0.6) is 0 Å². The molecule has 1 aliphatic rings. The highest BCUT2D eigenvalue weighted by molar-refractivity contribution is 7.93. The first-order valence-electron chi connectivity index (χ1n) is 9.69. The Balaban J connectivity index is 1.90. The van der Waals surface area contributed by atoms with Gasteiger partial charge in [-0.1, -0.05) is 37.5 Å². The zero-order valence-electron chi connectivity index (χ0n) is 16.3. The van der Waals surface area contributed by atoms with Crippen molar-refractivity contribution in [2.24, 2.45) is 0 Å². The number of aromatic nitrogens is 1. The number of benzene rings is 1. The fourth-order valence-corrected chi connectivity index (χ4v) is 6.05. The lowest BCUT2D eigenvalue weighted by atomic mass is 9.93. The highest BCUT2D eigenvalue weighted by Gasteiger charge is 2.33. The fourth-order valence-electron chi connectivity index (χ4n) is 3.79. The second-order valence-corrected chi connectivity index (χ2v) is 10.1. The third-order valence-corrected chi connectivity index (χ3v) is 7.72. The average Bonchev–Trinajstić information content (AvgIpc) is 3.21. The van der Waals surface area contributed by atoms with Gasteiger partial charge < -0.3 is 4.90 Å². The molecule has 152 valence electrons. The van der Waals surface area contributed by atoms with E-state index in [9.17, 15) is 13.2 Å². The number of carbonyl (C=O) groups excluding carboxylic acids is 1. The van der Waals surface area contributed by atoms with E-state index in [0.29, 0.717) is 5.13 Å². The van der Waals surface area contributed by atoms with Crippen LogP contribution in [-0.4, -0.2) is 42.8 Å². The number of sulfonamides is 1. The number of thiazole rings is 1. The summed E-state index contributed by atoms with van der Waals surface area (Å²) in [7, 11) is -3.88. The van der Waals surface area contributed by atoms with Crippen LogP contribution in [0.25, 0.3) is 0 Å². The minimum absolute atomic E-state index is 0.0215. The molecule has 6 nitrogen and oxygen atoms in total. The molecule has 0 bridgehead atoms. The SMILES string of the molecule is CC(C)N(C(=O)CN(c1nccs1)S(=O)(=O)c1ccccc1)C1CCCCC1. The first kappa shape index (κ1) is 20.8. The lowest BCUT2D eigenvalue weighted by Crippen LogP contribution is -2.50. The van der Waals surface area contributed by atoms with Crippen LogP contribution in [0.1, 0.15) is 46.0 Å².